The Morgan fingerprint density at radius 2 is 1.45 bits per heavy atom. The summed E-state index contributed by atoms with van der Waals surface area (Å²) < 4.78 is 0. The third-order valence-corrected chi connectivity index (χ3v) is 4.89. The van der Waals surface area contributed by atoms with Crippen molar-refractivity contribution in [3.8, 4) is 0 Å². The summed E-state index contributed by atoms with van der Waals surface area (Å²) in [7, 11) is 0. The number of nitrogens with zero attached hydrogens (tertiary/aromatic N) is 1. The van der Waals surface area contributed by atoms with Gasteiger partial charge in [0.2, 0.25) is 5.91 Å². The Labute approximate surface area is 124 Å². The van der Waals surface area contributed by atoms with Gasteiger partial charge in [-0.25, -0.2) is 0 Å². The van der Waals surface area contributed by atoms with E-state index in [1.165, 1.54) is 32.1 Å². The SMILES string of the molecule is CC(=O)N(C1CCCCC1)C1CC(C)(C)NC(C)(C)C1. The quantitative estimate of drug-likeness (QED) is 0.840. The highest BCUT2D eigenvalue weighted by Crippen LogP contribution is 2.35. The lowest BCUT2D eigenvalue weighted by Gasteiger charge is -2.51. The van der Waals surface area contributed by atoms with Gasteiger partial charge in [-0.1, -0.05) is 19.3 Å². The molecule has 2 fully saturated rings. The number of hydrogen-bond donors (Lipinski definition) is 1. The lowest BCUT2D eigenvalue weighted by Crippen LogP contribution is -2.64. The van der Waals surface area contributed by atoms with Crippen LogP contribution < -0.4 is 5.32 Å². The molecule has 0 aromatic heterocycles. The van der Waals surface area contributed by atoms with Crippen LogP contribution in [0.15, 0.2) is 0 Å². The Hall–Kier alpha value is -0.570. The molecule has 0 spiro atoms. The first-order valence-electron chi connectivity index (χ1n) is 8.28. The Balaban J connectivity index is 2.17. The van der Waals surface area contributed by atoms with Crippen LogP contribution in [0.2, 0.25) is 0 Å². The van der Waals surface area contributed by atoms with Crippen LogP contribution in [0.3, 0.4) is 0 Å². The fraction of sp³-hybridized carbons (Fsp3) is 0.941. The van der Waals surface area contributed by atoms with E-state index in [0.717, 1.165) is 12.8 Å². The van der Waals surface area contributed by atoms with Gasteiger partial charge in [0.15, 0.2) is 0 Å². The maximum Gasteiger partial charge on any atom is 0.219 e. The Bertz CT molecular complexity index is 340. The maximum atomic E-state index is 12.3. The Kier molecular flexibility index (Phi) is 4.48. The van der Waals surface area contributed by atoms with Crippen LogP contribution in [0.25, 0.3) is 0 Å². The molecule has 3 heteroatoms. The lowest BCUT2D eigenvalue weighted by atomic mass is 9.78. The van der Waals surface area contributed by atoms with Crippen molar-refractivity contribution < 1.29 is 4.79 Å². The highest BCUT2D eigenvalue weighted by Gasteiger charge is 2.42. The molecule has 0 aromatic carbocycles. The smallest absolute Gasteiger partial charge is 0.219 e. The maximum absolute atomic E-state index is 12.3. The van der Waals surface area contributed by atoms with E-state index >= 15 is 0 Å². The molecule has 1 saturated carbocycles. The van der Waals surface area contributed by atoms with Crippen LogP contribution in [-0.2, 0) is 4.79 Å². The molecule has 0 aromatic rings. The zero-order valence-corrected chi connectivity index (χ0v) is 14.0. The van der Waals surface area contributed by atoms with Gasteiger partial charge in [-0.05, 0) is 53.4 Å². The zero-order valence-electron chi connectivity index (χ0n) is 14.0. The van der Waals surface area contributed by atoms with E-state index in [2.05, 4.69) is 37.9 Å². The van der Waals surface area contributed by atoms with E-state index < -0.39 is 0 Å². The largest absolute Gasteiger partial charge is 0.337 e. The third-order valence-electron chi connectivity index (χ3n) is 4.89. The van der Waals surface area contributed by atoms with E-state index in [1.807, 2.05) is 0 Å². The molecule has 1 aliphatic heterocycles. The molecule has 2 aliphatic rings. The van der Waals surface area contributed by atoms with Crippen molar-refractivity contribution in [2.75, 3.05) is 0 Å². The molecule has 3 nitrogen and oxygen atoms in total. The van der Waals surface area contributed by atoms with Crippen molar-refractivity contribution in [2.45, 2.75) is 103 Å². The predicted octanol–water partition coefficient (Wildman–Crippen LogP) is 3.48. The number of piperidine rings is 1. The minimum absolute atomic E-state index is 0.106. The molecule has 20 heavy (non-hydrogen) atoms. The van der Waals surface area contributed by atoms with Gasteiger partial charge in [-0.2, -0.15) is 0 Å². The molecule has 0 radical (unpaired) electrons. The second-order valence-corrected chi connectivity index (χ2v) is 8.17. The summed E-state index contributed by atoms with van der Waals surface area (Å²) in [6.45, 7) is 10.8. The number of carbonyl (C=O) groups is 1. The molecule has 1 amide bonds. The second kappa shape index (κ2) is 5.67. The second-order valence-electron chi connectivity index (χ2n) is 8.17. The summed E-state index contributed by atoms with van der Waals surface area (Å²) in [4.78, 5) is 14.5. The monoisotopic (exact) mass is 280 g/mol. The molecular formula is C17H32N2O. The van der Waals surface area contributed by atoms with Gasteiger partial charge >= 0.3 is 0 Å². The number of amides is 1. The molecule has 0 atom stereocenters. The summed E-state index contributed by atoms with van der Waals surface area (Å²) in [5.74, 6) is 0.274. The highest BCUT2D eigenvalue weighted by molar-refractivity contribution is 5.74. The number of rotatable bonds is 2. The van der Waals surface area contributed by atoms with Crippen LogP contribution in [0.5, 0.6) is 0 Å². The number of carbonyl (C=O) groups excluding carboxylic acids is 1. The van der Waals surface area contributed by atoms with Gasteiger partial charge in [-0.15, -0.1) is 0 Å². The molecule has 1 saturated heterocycles. The summed E-state index contributed by atoms with van der Waals surface area (Å²) in [5, 5.41) is 3.72. The van der Waals surface area contributed by atoms with Crippen molar-refractivity contribution in [1.29, 1.82) is 0 Å². The zero-order chi connectivity index (χ0) is 15.0. The van der Waals surface area contributed by atoms with Gasteiger partial charge < -0.3 is 10.2 Å². The minimum Gasteiger partial charge on any atom is -0.337 e. The van der Waals surface area contributed by atoms with Gasteiger partial charge in [0.1, 0.15) is 0 Å². The topological polar surface area (TPSA) is 32.3 Å². The molecular weight excluding hydrogens is 248 g/mol. The molecule has 1 aliphatic carbocycles. The Morgan fingerprint density at radius 3 is 1.90 bits per heavy atom. The summed E-state index contributed by atoms with van der Waals surface area (Å²) in [6, 6.07) is 0.873. The summed E-state index contributed by atoms with van der Waals surface area (Å²) >= 11 is 0. The molecule has 2 rings (SSSR count). The van der Waals surface area contributed by atoms with Crippen LogP contribution in [0.1, 0.15) is 79.6 Å². The van der Waals surface area contributed by atoms with Crippen molar-refractivity contribution in [3.05, 3.63) is 0 Å². The predicted molar refractivity (Wildman–Crippen MR) is 83.7 cm³/mol. The molecule has 1 N–H and O–H groups in total. The number of hydrogen-bond acceptors (Lipinski definition) is 2. The summed E-state index contributed by atoms with van der Waals surface area (Å²) in [5.41, 5.74) is 0.212. The van der Waals surface area contributed by atoms with Crippen molar-refractivity contribution in [1.82, 2.24) is 10.2 Å². The normalized spacial score (nSPS) is 27.2. The van der Waals surface area contributed by atoms with E-state index in [0.29, 0.717) is 12.1 Å². The van der Waals surface area contributed by atoms with Crippen molar-refractivity contribution in [2.24, 2.45) is 0 Å². The fourth-order valence-corrected chi connectivity index (χ4v) is 4.64. The Morgan fingerprint density at radius 1 is 0.950 bits per heavy atom. The van der Waals surface area contributed by atoms with Crippen LogP contribution in [-0.4, -0.2) is 34.0 Å². The molecule has 0 unspecified atom stereocenters. The lowest BCUT2D eigenvalue weighted by molar-refractivity contribution is -0.137. The van der Waals surface area contributed by atoms with Gasteiger partial charge in [-0.3, -0.25) is 4.79 Å². The molecule has 116 valence electrons. The van der Waals surface area contributed by atoms with Gasteiger partial charge in [0, 0.05) is 30.1 Å². The van der Waals surface area contributed by atoms with E-state index in [-0.39, 0.29) is 17.0 Å². The standard InChI is InChI=1S/C17H32N2O/c1-13(20)19(14-9-7-6-8-10-14)15-11-16(2,3)18-17(4,5)12-15/h14-15,18H,6-12H2,1-5H3. The van der Waals surface area contributed by atoms with Crippen molar-refractivity contribution >= 4 is 5.91 Å². The van der Waals surface area contributed by atoms with E-state index in [4.69, 9.17) is 0 Å². The summed E-state index contributed by atoms with van der Waals surface area (Å²) in [6.07, 6.45) is 8.43. The van der Waals surface area contributed by atoms with Crippen LogP contribution >= 0.6 is 0 Å². The number of nitrogens with one attached hydrogen (secondary N) is 1. The third kappa shape index (κ3) is 3.75. The minimum atomic E-state index is 0.106. The van der Waals surface area contributed by atoms with E-state index in [1.54, 1.807) is 6.92 Å². The van der Waals surface area contributed by atoms with Gasteiger partial charge in [0.05, 0.1) is 0 Å². The van der Waals surface area contributed by atoms with Gasteiger partial charge in [0.25, 0.3) is 0 Å². The van der Waals surface area contributed by atoms with E-state index in [9.17, 15) is 4.79 Å². The van der Waals surface area contributed by atoms with Crippen LogP contribution in [0, 0.1) is 0 Å². The first-order chi connectivity index (χ1) is 9.20. The highest BCUT2D eigenvalue weighted by atomic mass is 16.2. The molecule has 1 heterocycles. The first-order valence-corrected chi connectivity index (χ1v) is 8.28. The average molecular weight is 280 g/mol. The first kappa shape index (κ1) is 15.8. The fourth-order valence-electron chi connectivity index (χ4n) is 4.64. The molecule has 0 bridgehead atoms. The van der Waals surface area contributed by atoms with Crippen molar-refractivity contribution in [3.63, 3.8) is 0 Å². The van der Waals surface area contributed by atoms with Crippen LogP contribution in [0.4, 0.5) is 0 Å². The average Bonchev–Trinajstić information content (AvgIpc) is 2.25.